The fourth-order valence-electron chi connectivity index (χ4n) is 1.67. The molecule has 2 aromatic rings. The van der Waals surface area contributed by atoms with E-state index in [-0.39, 0.29) is 0 Å². The molecule has 0 spiro atoms. The van der Waals surface area contributed by atoms with Crippen LogP contribution in [-0.4, -0.2) is 27.8 Å². The molecule has 17 heavy (non-hydrogen) atoms. The van der Waals surface area contributed by atoms with Gasteiger partial charge in [0.25, 0.3) is 0 Å². The van der Waals surface area contributed by atoms with Crippen molar-refractivity contribution in [2.75, 3.05) is 6.61 Å². The molecule has 1 heterocycles. The van der Waals surface area contributed by atoms with Gasteiger partial charge in [0.15, 0.2) is 11.5 Å². The fourth-order valence-corrected chi connectivity index (χ4v) is 1.67. The number of rotatable bonds is 3. The molecule has 0 fully saturated rings. The van der Waals surface area contributed by atoms with Crippen molar-refractivity contribution in [3.05, 3.63) is 29.7 Å². The van der Waals surface area contributed by atoms with Gasteiger partial charge in [-0.15, -0.1) is 0 Å². The average Bonchev–Trinajstić information content (AvgIpc) is 2.66. The molecule has 0 aliphatic carbocycles. The number of aliphatic hydroxyl groups excluding tert-OH is 1. The first kappa shape index (κ1) is 11.6. The van der Waals surface area contributed by atoms with E-state index in [9.17, 15) is 9.90 Å². The largest absolute Gasteiger partial charge is 0.481 e. The summed E-state index contributed by atoms with van der Waals surface area (Å²) in [5.74, 6) is -0.544. The number of carbonyl (C=O) groups is 1. The zero-order valence-electron chi connectivity index (χ0n) is 9.60. The number of aromatic nitrogens is 1. The first-order chi connectivity index (χ1) is 7.97. The van der Waals surface area contributed by atoms with Gasteiger partial charge in [-0.05, 0) is 24.6 Å². The Labute approximate surface area is 97.7 Å². The van der Waals surface area contributed by atoms with Gasteiger partial charge in [-0.1, -0.05) is 6.07 Å². The maximum atomic E-state index is 11.2. The molecule has 0 radical (unpaired) electrons. The minimum Gasteiger partial charge on any atom is -0.481 e. The molecule has 0 saturated carbocycles. The number of aliphatic hydroxyl groups is 1. The van der Waals surface area contributed by atoms with E-state index in [4.69, 9.17) is 9.52 Å². The van der Waals surface area contributed by atoms with Crippen LogP contribution in [-0.2, 0) is 10.2 Å². The molecule has 90 valence electrons. The van der Waals surface area contributed by atoms with E-state index in [1.54, 1.807) is 25.1 Å². The Hall–Kier alpha value is -1.88. The van der Waals surface area contributed by atoms with Crippen molar-refractivity contribution >= 4 is 17.1 Å². The molecular formula is C12H13NO4. The van der Waals surface area contributed by atoms with E-state index in [1.165, 1.54) is 6.92 Å². The maximum Gasteiger partial charge on any atom is 0.316 e. The molecular weight excluding hydrogens is 222 g/mol. The van der Waals surface area contributed by atoms with E-state index < -0.39 is 18.0 Å². The van der Waals surface area contributed by atoms with Gasteiger partial charge in [0.05, 0.1) is 6.61 Å². The van der Waals surface area contributed by atoms with Crippen molar-refractivity contribution in [1.82, 2.24) is 4.98 Å². The van der Waals surface area contributed by atoms with E-state index >= 15 is 0 Å². The standard InChI is InChI=1S/C12H13NO4/c1-7-13-9-5-8(3-4-10(9)17-7)12(2,6-14)11(15)16/h3-5,14H,6H2,1-2H3,(H,15,16). The molecule has 0 saturated heterocycles. The first-order valence-electron chi connectivity index (χ1n) is 5.19. The van der Waals surface area contributed by atoms with Crippen molar-refractivity contribution < 1.29 is 19.4 Å². The second-order valence-electron chi connectivity index (χ2n) is 4.21. The molecule has 1 unspecified atom stereocenters. The van der Waals surface area contributed by atoms with Gasteiger partial charge in [0.2, 0.25) is 0 Å². The molecule has 1 aromatic carbocycles. The van der Waals surface area contributed by atoms with E-state index in [0.29, 0.717) is 22.6 Å². The number of aliphatic carboxylic acids is 1. The zero-order valence-corrected chi connectivity index (χ0v) is 9.60. The maximum absolute atomic E-state index is 11.2. The Balaban J connectivity index is 2.58. The highest BCUT2D eigenvalue weighted by molar-refractivity contribution is 5.83. The number of oxazole rings is 1. The summed E-state index contributed by atoms with van der Waals surface area (Å²) in [5.41, 5.74) is 0.396. The van der Waals surface area contributed by atoms with Gasteiger partial charge in [-0.3, -0.25) is 4.79 Å². The van der Waals surface area contributed by atoms with Crippen LogP contribution < -0.4 is 0 Å². The number of benzene rings is 1. The summed E-state index contributed by atoms with van der Waals surface area (Å²) < 4.78 is 5.31. The molecule has 0 bridgehead atoms. The zero-order chi connectivity index (χ0) is 12.6. The van der Waals surface area contributed by atoms with Crippen molar-refractivity contribution in [2.24, 2.45) is 0 Å². The summed E-state index contributed by atoms with van der Waals surface area (Å²) in [6.07, 6.45) is 0. The summed E-state index contributed by atoms with van der Waals surface area (Å²) in [6, 6.07) is 4.94. The number of carboxylic acid groups (broad SMARTS) is 1. The van der Waals surface area contributed by atoms with Crippen LogP contribution in [0.15, 0.2) is 22.6 Å². The summed E-state index contributed by atoms with van der Waals surface area (Å²) in [7, 11) is 0. The molecule has 2 N–H and O–H groups in total. The number of carboxylic acids is 1. The molecule has 0 aliphatic heterocycles. The molecule has 0 aliphatic rings. The number of hydrogen-bond acceptors (Lipinski definition) is 4. The van der Waals surface area contributed by atoms with Gasteiger partial charge in [0, 0.05) is 6.92 Å². The van der Waals surface area contributed by atoms with Gasteiger partial charge < -0.3 is 14.6 Å². The molecule has 2 rings (SSSR count). The van der Waals surface area contributed by atoms with Crippen LogP contribution in [0.2, 0.25) is 0 Å². The average molecular weight is 235 g/mol. The van der Waals surface area contributed by atoms with Gasteiger partial charge in [-0.2, -0.15) is 0 Å². The monoisotopic (exact) mass is 235 g/mol. The SMILES string of the molecule is Cc1nc2cc(C(C)(CO)C(=O)O)ccc2o1. The van der Waals surface area contributed by atoms with Gasteiger partial charge in [-0.25, -0.2) is 4.98 Å². The quantitative estimate of drug-likeness (QED) is 0.841. The normalized spacial score (nSPS) is 14.8. The topological polar surface area (TPSA) is 83.6 Å². The molecule has 0 amide bonds. The predicted molar refractivity (Wildman–Crippen MR) is 60.8 cm³/mol. The highest BCUT2D eigenvalue weighted by Crippen LogP contribution is 2.27. The summed E-state index contributed by atoms with van der Waals surface area (Å²) >= 11 is 0. The number of aryl methyl sites for hydroxylation is 1. The van der Waals surface area contributed by atoms with E-state index in [2.05, 4.69) is 4.98 Å². The van der Waals surface area contributed by atoms with E-state index in [1.807, 2.05) is 0 Å². The van der Waals surface area contributed by atoms with Crippen LogP contribution in [0.25, 0.3) is 11.1 Å². The second kappa shape index (κ2) is 3.85. The second-order valence-corrected chi connectivity index (χ2v) is 4.21. The van der Waals surface area contributed by atoms with Crippen LogP contribution in [0, 0.1) is 6.92 Å². The van der Waals surface area contributed by atoms with Crippen LogP contribution >= 0.6 is 0 Å². The number of hydrogen-bond donors (Lipinski definition) is 2. The minimum absolute atomic E-state index is 0.468. The van der Waals surface area contributed by atoms with Crippen molar-refractivity contribution in [3.63, 3.8) is 0 Å². The summed E-state index contributed by atoms with van der Waals surface area (Å²) in [6.45, 7) is 2.73. The van der Waals surface area contributed by atoms with Gasteiger partial charge >= 0.3 is 5.97 Å². The fraction of sp³-hybridized carbons (Fsp3) is 0.333. The van der Waals surface area contributed by atoms with Crippen LogP contribution in [0.4, 0.5) is 0 Å². The Kier molecular flexibility index (Phi) is 2.63. The van der Waals surface area contributed by atoms with Crippen LogP contribution in [0.1, 0.15) is 18.4 Å². The molecule has 5 nitrogen and oxygen atoms in total. The first-order valence-corrected chi connectivity index (χ1v) is 5.19. The van der Waals surface area contributed by atoms with E-state index in [0.717, 1.165) is 0 Å². The molecule has 1 aromatic heterocycles. The lowest BCUT2D eigenvalue weighted by molar-refractivity contribution is -0.144. The van der Waals surface area contributed by atoms with Crippen molar-refractivity contribution in [1.29, 1.82) is 0 Å². The number of nitrogens with zero attached hydrogens (tertiary/aromatic N) is 1. The van der Waals surface area contributed by atoms with Crippen molar-refractivity contribution in [2.45, 2.75) is 19.3 Å². The molecule has 5 heteroatoms. The lowest BCUT2D eigenvalue weighted by Gasteiger charge is -2.22. The third-order valence-electron chi connectivity index (χ3n) is 2.92. The van der Waals surface area contributed by atoms with Gasteiger partial charge in [0.1, 0.15) is 10.9 Å². The summed E-state index contributed by atoms with van der Waals surface area (Å²) in [4.78, 5) is 15.3. The lowest BCUT2D eigenvalue weighted by Crippen LogP contribution is -2.36. The van der Waals surface area contributed by atoms with Crippen molar-refractivity contribution in [3.8, 4) is 0 Å². The number of fused-ring (bicyclic) bond motifs is 1. The van der Waals surface area contributed by atoms with Crippen LogP contribution in [0.5, 0.6) is 0 Å². The Morgan fingerprint density at radius 3 is 2.82 bits per heavy atom. The Morgan fingerprint density at radius 2 is 2.24 bits per heavy atom. The Morgan fingerprint density at radius 1 is 1.53 bits per heavy atom. The Bertz CT molecular complexity index is 575. The minimum atomic E-state index is -1.32. The van der Waals surface area contributed by atoms with Crippen LogP contribution in [0.3, 0.4) is 0 Å². The highest BCUT2D eigenvalue weighted by Gasteiger charge is 2.34. The third-order valence-corrected chi connectivity index (χ3v) is 2.92. The lowest BCUT2D eigenvalue weighted by atomic mass is 9.83. The predicted octanol–water partition coefficient (Wildman–Crippen LogP) is 1.47. The summed E-state index contributed by atoms with van der Waals surface area (Å²) in [5, 5.41) is 18.4. The third kappa shape index (κ3) is 1.78. The smallest absolute Gasteiger partial charge is 0.316 e. The highest BCUT2D eigenvalue weighted by atomic mass is 16.4. The molecule has 1 atom stereocenters.